The molecule has 5 nitrogen and oxygen atoms in total. The van der Waals surface area contributed by atoms with Crippen molar-refractivity contribution in [3.63, 3.8) is 0 Å². The molecule has 1 heterocycles. The zero-order valence-corrected chi connectivity index (χ0v) is 12.2. The van der Waals surface area contributed by atoms with E-state index >= 15 is 0 Å². The van der Waals surface area contributed by atoms with E-state index in [-0.39, 0.29) is 17.9 Å². The van der Waals surface area contributed by atoms with E-state index in [9.17, 15) is 4.79 Å². The third-order valence-electron chi connectivity index (χ3n) is 3.91. The summed E-state index contributed by atoms with van der Waals surface area (Å²) < 4.78 is 0. The Morgan fingerprint density at radius 3 is 2.40 bits per heavy atom. The number of rotatable bonds is 4. The van der Waals surface area contributed by atoms with Crippen LogP contribution in [0.2, 0.25) is 0 Å². The van der Waals surface area contributed by atoms with E-state index in [0.29, 0.717) is 0 Å². The molecule has 0 aromatic heterocycles. The maximum absolute atomic E-state index is 12.3. The topological polar surface area (TPSA) is 61.6 Å². The quantitative estimate of drug-likeness (QED) is 0.845. The second-order valence-electron chi connectivity index (χ2n) is 5.49. The van der Waals surface area contributed by atoms with E-state index in [1.165, 1.54) is 0 Å². The lowest BCUT2D eigenvalue weighted by atomic mass is 9.95. The van der Waals surface area contributed by atoms with Gasteiger partial charge in [-0.25, -0.2) is 5.01 Å². The van der Waals surface area contributed by atoms with Crippen LogP contribution in [0.5, 0.6) is 0 Å². The molecule has 2 unspecified atom stereocenters. The van der Waals surface area contributed by atoms with Gasteiger partial charge in [-0.2, -0.15) is 0 Å². The van der Waals surface area contributed by atoms with Crippen molar-refractivity contribution in [3.05, 3.63) is 35.9 Å². The van der Waals surface area contributed by atoms with Crippen LogP contribution in [-0.4, -0.2) is 49.0 Å². The Morgan fingerprint density at radius 2 is 1.80 bits per heavy atom. The molecule has 0 saturated carbocycles. The predicted octanol–water partition coefficient (Wildman–Crippen LogP) is 0.601. The van der Waals surface area contributed by atoms with E-state index in [1.54, 1.807) is 0 Å². The number of nitrogens with one attached hydrogen (secondary N) is 1. The average molecular weight is 276 g/mol. The van der Waals surface area contributed by atoms with Gasteiger partial charge in [-0.15, -0.1) is 0 Å². The van der Waals surface area contributed by atoms with Crippen LogP contribution in [0.1, 0.15) is 18.5 Å². The van der Waals surface area contributed by atoms with Crippen LogP contribution in [0.4, 0.5) is 0 Å². The fourth-order valence-electron chi connectivity index (χ4n) is 2.30. The van der Waals surface area contributed by atoms with Crippen molar-refractivity contribution in [1.29, 1.82) is 0 Å². The molecular weight excluding hydrogens is 252 g/mol. The first-order valence-corrected chi connectivity index (χ1v) is 7.12. The van der Waals surface area contributed by atoms with Gasteiger partial charge in [-0.3, -0.25) is 10.2 Å². The van der Waals surface area contributed by atoms with E-state index in [1.807, 2.05) is 42.3 Å². The number of likely N-dealkylation sites (N-methyl/N-ethyl adjacent to an activating group) is 1. The van der Waals surface area contributed by atoms with Crippen molar-refractivity contribution in [2.75, 3.05) is 33.2 Å². The number of hydrogen-bond donors (Lipinski definition) is 2. The minimum absolute atomic E-state index is 0.00842. The highest BCUT2D eigenvalue weighted by Gasteiger charge is 2.24. The number of hydrazine groups is 1. The summed E-state index contributed by atoms with van der Waals surface area (Å²) in [5.74, 6) is -0.261. The number of nitrogens with two attached hydrogens (primary N) is 1. The van der Waals surface area contributed by atoms with Gasteiger partial charge in [0.15, 0.2) is 0 Å². The van der Waals surface area contributed by atoms with Crippen LogP contribution >= 0.6 is 0 Å². The molecule has 0 aliphatic carbocycles. The summed E-state index contributed by atoms with van der Waals surface area (Å²) in [6.07, 6.45) is 0. The minimum atomic E-state index is -0.274. The molecule has 0 bridgehead atoms. The molecule has 1 aromatic carbocycles. The molecule has 1 amide bonds. The maximum Gasteiger partial charge on any atom is 0.239 e. The Hall–Kier alpha value is -1.43. The number of benzene rings is 1. The number of amides is 1. The summed E-state index contributed by atoms with van der Waals surface area (Å²) in [5, 5.41) is 1.98. The maximum atomic E-state index is 12.3. The number of carbonyl (C=O) groups excluding carboxylic acids is 1. The predicted molar refractivity (Wildman–Crippen MR) is 79.7 cm³/mol. The largest absolute Gasteiger partial charge is 0.323 e. The molecule has 1 aliphatic heterocycles. The second kappa shape index (κ2) is 6.83. The zero-order valence-electron chi connectivity index (χ0n) is 12.2. The molecular formula is C15H24N4O. The van der Waals surface area contributed by atoms with E-state index in [4.69, 9.17) is 5.73 Å². The third kappa shape index (κ3) is 3.79. The number of carbonyl (C=O) groups is 1. The van der Waals surface area contributed by atoms with Crippen molar-refractivity contribution >= 4 is 5.91 Å². The highest BCUT2D eigenvalue weighted by atomic mass is 16.2. The Bertz CT molecular complexity index is 429. The van der Waals surface area contributed by atoms with E-state index in [2.05, 4.69) is 17.4 Å². The monoisotopic (exact) mass is 276 g/mol. The van der Waals surface area contributed by atoms with Gasteiger partial charge in [0.1, 0.15) is 0 Å². The van der Waals surface area contributed by atoms with Gasteiger partial charge >= 0.3 is 0 Å². The fraction of sp³-hybridized carbons (Fsp3) is 0.533. The first kappa shape index (κ1) is 15.0. The van der Waals surface area contributed by atoms with Gasteiger partial charge in [0.25, 0.3) is 0 Å². The number of nitrogens with zero attached hydrogens (tertiary/aromatic N) is 2. The van der Waals surface area contributed by atoms with Crippen molar-refractivity contribution in [2.45, 2.75) is 13.0 Å². The first-order chi connectivity index (χ1) is 9.58. The molecule has 2 atom stereocenters. The standard InChI is InChI=1S/C15H24N4O/c1-12(14(16)13-6-4-3-5-7-13)15(20)17-19-10-8-18(2)9-11-19/h3-7,12,14H,8-11,16H2,1-2H3,(H,17,20). The lowest BCUT2D eigenvalue weighted by molar-refractivity contribution is -0.130. The fourth-order valence-corrected chi connectivity index (χ4v) is 2.30. The molecule has 110 valence electrons. The molecule has 1 saturated heterocycles. The Balaban J connectivity index is 1.88. The molecule has 0 spiro atoms. The summed E-state index contributed by atoms with van der Waals surface area (Å²) in [6, 6.07) is 9.49. The molecule has 1 fully saturated rings. The Morgan fingerprint density at radius 1 is 1.20 bits per heavy atom. The lowest BCUT2D eigenvalue weighted by Gasteiger charge is -2.33. The summed E-state index contributed by atoms with van der Waals surface area (Å²) >= 11 is 0. The van der Waals surface area contributed by atoms with Crippen LogP contribution in [0.3, 0.4) is 0 Å². The third-order valence-corrected chi connectivity index (χ3v) is 3.91. The highest BCUT2D eigenvalue weighted by Crippen LogP contribution is 2.19. The molecule has 1 aromatic rings. The lowest BCUT2D eigenvalue weighted by Crippen LogP contribution is -2.54. The zero-order chi connectivity index (χ0) is 14.5. The Labute approximate surface area is 120 Å². The van der Waals surface area contributed by atoms with Gasteiger partial charge < -0.3 is 10.6 Å². The van der Waals surface area contributed by atoms with Gasteiger partial charge in [0.05, 0.1) is 5.92 Å². The second-order valence-corrected chi connectivity index (χ2v) is 5.49. The van der Waals surface area contributed by atoms with Crippen molar-refractivity contribution < 1.29 is 4.79 Å². The molecule has 20 heavy (non-hydrogen) atoms. The molecule has 0 radical (unpaired) electrons. The normalized spacial score (nSPS) is 20.4. The summed E-state index contributed by atoms with van der Waals surface area (Å²) in [7, 11) is 2.09. The summed E-state index contributed by atoms with van der Waals surface area (Å²) in [5.41, 5.74) is 10.2. The van der Waals surface area contributed by atoms with E-state index in [0.717, 1.165) is 31.7 Å². The minimum Gasteiger partial charge on any atom is -0.323 e. The average Bonchev–Trinajstić information content (AvgIpc) is 2.49. The van der Waals surface area contributed by atoms with Crippen LogP contribution in [0.25, 0.3) is 0 Å². The Kier molecular flexibility index (Phi) is 5.11. The van der Waals surface area contributed by atoms with Crippen LogP contribution in [0, 0.1) is 5.92 Å². The first-order valence-electron chi connectivity index (χ1n) is 7.12. The van der Waals surface area contributed by atoms with Gasteiger partial charge in [0.2, 0.25) is 5.91 Å². The van der Waals surface area contributed by atoms with Gasteiger partial charge in [-0.1, -0.05) is 37.3 Å². The molecule has 1 aliphatic rings. The number of hydrogen-bond acceptors (Lipinski definition) is 4. The van der Waals surface area contributed by atoms with Crippen molar-refractivity contribution in [3.8, 4) is 0 Å². The van der Waals surface area contributed by atoms with Crippen LogP contribution < -0.4 is 11.2 Å². The summed E-state index contributed by atoms with van der Waals surface area (Å²) in [6.45, 7) is 5.53. The SMILES string of the molecule is CC(C(=O)NN1CCN(C)CC1)C(N)c1ccccc1. The van der Waals surface area contributed by atoms with Crippen molar-refractivity contribution in [2.24, 2.45) is 11.7 Å². The van der Waals surface area contributed by atoms with E-state index < -0.39 is 0 Å². The van der Waals surface area contributed by atoms with Crippen LogP contribution in [0.15, 0.2) is 30.3 Å². The number of piperazine rings is 1. The molecule has 2 rings (SSSR count). The summed E-state index contributed by atoms with van der Waals surface area (Å²) in [4.78, 5) is 14.5. The molecule has 5 heteroatoms. The highest BCUT2D eigenvalue weighted by molar-refractivity contribution is 5.78. The van der Waals surface area contributed by atoms with Crippen LogP contribution in [-0.2, 0) is 4.79 Å². The molecule has 3 N–H and O–H groups in total. The van der Waals surface area contributed by atoms with Gasteiger partial charge in [0, 0.05) is 32.2 Å². The smallest absolute Gasteiger partial charge is 0.239 e. The van der Waals surface area contributed by atoms with Crippen molar-refractivity contribution in [1.82, 2.24) is 15.3 Å². The van der Waals surface area contributed by atoms with Gasteiger partial charge in [-0.05, 0) is 12.6 Å².